The van der Waals surface area contributed by atoms with Gasteiger partial charge < -0.3 is 0 Å². The van der Waals surface area contributed by atoms with Crippen molar-refractivity contribution in [1.82, 2.24) is 15.4 Å². The first kappa shape index (κ1) is 16.7. The third-order valence-electron chi connectivity index (χ3n) is 4.47. The van der Waals surface area contributed by atoms with Crippen LogP contribution in [-0.2, 0) is 0 Å². The zero-order valence-electron chi connectivity index (χ0n) is 14.8. The summed E-state index contributed by atoms with van der Waals surface area (Å²) < 4.78 is 0. The monoisotopic (exact) mass is 349 g/mol. The number of benzene rings is 3. The van der Waals surface area contributed by atoms with Gasteiger partial charge in [-0.25, -0.2) is 0 Å². The van der Waals surface area contributed by atoms with E-state index in [1.807, 2.05) is 30.3 Å². The zero-order valence-corrected chi connectivity index (χ0v) is 14.8. The Hall–Kier alpha value is -3.72. The Morgan fingerprint density at radius 2 is 1.44 bits per heavy atom. The van der Waals surface area contributed by atoms with Crippen molar-refractivity contribution in [2.75, 3.05) is 0 Å². The second kappa shape index (κ2) is 7.67. The van der Waals surface area contributed by atoms with Crippen LogP contribution in [0.4, 0.5) is 0 Å². The Morgan fingerprint density at radius 1 is 0.778 bits per heavy atom. The molecule has 0 amide bonds. The summed E-state index contributed by atoms with van der Waals surface area (Å²) in [7, 11) is 0. The van der Waals surface area contributed by atoms with Crippen LogP contribution in [0.2, 0.25) is 0 Å². The van der Waals surface area contributed by atoms with Gasteiger partial charge in [-0.15, -0.1) is 5.10 Å². The Balaban J connectivity index is 1.61. The van der Waals surface area contributed by atoms with E-state index in [2.05, 4.69) is 82.7 Å². The molecule has 0 saturated carbocycles. The molecule has 0 aliphatic carbocycles. The van der Waals surface area contributed by atoms with E-state index in [0.717, 1.165) is 33.5 Å². The molecule has 0 bridgehead atoms. The summed E-state index contributed by atoms with van der Waals surface area (Å²) in [4.78, 5) is 0. The lowest BCUT2D eigenvalue weighted by atomic mass is 9.93. The van der Waals surface area contributed by atoms with Gasteiger partial charge in [-0.3, -0.25) is 5.10 Å². The van der Waals surface area contributed by atoms with Gasteiger partial charge in [-0.05, 0) is 27.8 Å². The first-order chi connectivity index (χ1) is 13.3. The molecule has 0 fully saturated rings. The Morgan fingerprint density at radius 3 is 2.15 bits per heavy atom. The molecular formula is C24H19N3. The third kappa shape index (κ3) is 3.77. The van der Waals surface area contributed by atoms with E-state index in [-0.39, 0.29) is 0 Å². The van der Waals surface area contributed by atoms with Crippen LogP contribution in [0, 0.1) is 0 Å². The minimum absolute atomic E-state index is 0.755. The van der Waals surface area contributed by atoms with Crippen molar-refractivity contribution < 1.29 is 0 Å². The molecule has 0 atom stereocenters. The predicted molar refractivity (Wildman–Crippen MR) is 112 cm³/mol. The number of nitrogens with zero attached hydrogens (tertiary/aromatic N) is 2. The number of aromatic nitrogens is 3. The summed E-state index contributed by atoms with van der Waals surface area (Å²) in [5, 5.41) is 10.6. The minimum atomic E-state index is 0.755. The SMILES string of the molecule is C=C(c1c[nH]nn1)c1ccccc1-c1ccc(C=Cc2ccccc2)cc1. The molecule has 1 heterocycles. The highest BCUT2D eigenvalue weighted by molar-refractivity contribution is 5.86. The maximum Gasteiger partial charge on any atom is 0.112 e. The topological polar surface area (TPSA) is 41.6 Å². The molecule has 0 aliphatic heterocycles. The molecule has 130 valence electrons. The molecule has 3 nitrogen and oxygen atoms in total. The van der Waals surface area contributed by atoms with E-state index in [4.69, 9.17) is 0 Å². The molecule has 3 aromatic carbocycles. The van der Waals surface area contributed by atoms with Crippen LogP contribution in [-0.4, -0.2) is 15.4 Å². The summed E-state index contributed by atoms with van der Waals surface area (Å²) in [6.45, 7) is 4.20. The smallest absolute Gasteiger partial charge is 0.112 e. The van der Waals surface area contributed by atoms with Gasteiger partial charge in [0.2, 0.25) is 0 Å². The van der Waals surface area contributed by atoms with Crippen molar-refractivity contribution in [1.29, 1.82) is 0 Å². The van der Waals surface area contributed by atoms with Crippen LogP contribution in [0.1, 0.15) is 22.4 Å². The second-order valence-electron chi connectivity index (χ2n) is 6.25. The van der Waals surface area contributed by atoms with E-state index >= 15 is 0 Å². The molecular weight excluding hydrogens is 330 g/mol. The van der Waals surface area contributed by atoms with Crippen molar-refractivity contribution >= 4 is 17.7 Å². The van der Waals surface area contributed by atoms with Gasteiger partial charge in [0.05, 0.1) is 0 Å². The fourth-order valence-corrected chi connectivity index (χ4v) is 3.02. The lowest BCUT2D eigenvalue weighted by Gasteiger charge is -2.11. The Bertz CT molecular complexity index is 1060. The molecule has 1 N–H and O–H groups in total. The lowest BCUT2D eigenvalue weighted by molar-refractivity contribution is 0.936. The van der Waals surface area contributed by atoms with Crippen molar-refractivity contribution in [2.24, 2.45) is 0 Å². The number of aromatic amines is 1. The normalized spacial score (nSPS) is 11.0. The molecule has 0 unspecified atom stereocenters. The molecule has 0 radical (unpaired) electrons. The number of H-pyrrole nitrogens is 1. The van der Waals surface area contributed by atoms with E-state index in [9.17, 15) is 0 Å². The first-order valence-corrected chi connectivity index (χ1v) is 8.80. The quantitative estimate of drug-likeness (QED) is 0.469. The summed E-state index contributed by atoms with van der Waals surface area (Å²) >= 11 is 0. The number of nitrogens with one attached hydrogen (secondary N) is 1. The highest BCUT2D eigenvalue weighted by Crippen LogP contribution is 2.31. The molecule has 4 aromatic rings. The molecule has 0 spiro atoms. The van der Waals surface area contributed by atoms with E-state index in [1.54, 1.807) is 6.20 Å². The average molecular weight is 349 g/mol. The van der Waals surface area contributed by atoms with Crippen molar-refractivity contribution in [3.8, 4) is 11.1 Å². The van der Waals surface area contributed by atoms with Gasteiger partial charge in [0.15, 0.2) is 0 Å². The maximum atomic E-state index is 4.20. The summed E-state index contributed by atoms with van der Waals surface area (Å²) in [5.41, 5.74) is 7.29. The first-order valence-electron chi connectivity index (χ1n) is 8.80. The maximum absolute atomic E-state index is 4.20. The standard InChI is InChI=1S/C24H19N3/c1-18(24-17-25-27-26-24)22-9-5-6-10-23(22)21-15-13-20(14-16-21)12-11-19-7-3-2-4-8-19/h2-17H,1H2,(H,25,26,27). The fraction of sp³-hybridized carbons (Fsp3) is 0. The van der Waals surface area contributed by atoms with Crippen LogP contribution >= 0.6 is 0 Å². The van der Waals surface area contributed by atoms with Crippen LogP contribution in [0.5, 0.6) is 0 Å². The van der Waals surface area contributed by atoms with Crippen LogP contribution in [0.3, 0.4) is 0 Å². The summed E-state index contributed by atoms with van der Waals surface area (Å²) in [6.07, 6.45) is 6.01. The van der Waals surface area contributed by atoms with Gasteiger partial charge in [0, 0.05) is 11.8 Å². The van der Waals surface area contributed by atoms with Crippen LogP contribution in [0.15, 0.2) is 91.6 Å². The molecule has 27 heavy (non-hydrogen) atoms. The highest BCUT2D eigenvalue weighted by Gasteiger charge is 2.11. The largest absolute Gasteiger partial charge is 0.265 e. The number of rotatable bonds is 5. The van der Waals surface area contributed by atoms with E-state index < -0.39 is 0 Å². The lowest BCUT2D eigenvalue weighted by Crippen LogP contribution is -1.91. The summed E-state index contributed by atoms with van der Waals surface area (Å²) in [6, 6.07) is 27.1. The summed E-state index contributed by atoms with van der Waals surface area (Å²) in [5.74, 6) is 0. The Labute approximate surface area is 158 Å². The third-order valence-corrected chi connectivity index (χ3v) is 4.47. The van der Waals surface area contributed by atoms with Gasteiger partial charge >= 0.3 is 0 Å². The molecule has 3 heteroatoms. The van der Waals surface area contributed by atoms with Gasteiger partial charge in [0.1, 0.15) is 5.69 Å². The molecule has 0 aliphatic rings. The zero-order chi connectivity index (χ0) is 18.5. The van der Waals surface area contributed by atoms with Gasteiger partial charge in [-0.2, -0.15) is 0 Å². The Kier molecular flexibility index (Phi) is 4.75. The predicted octanol–water partition coefficient (Wildman–Crippen LogP) is 5.70. The van der Waals surface area contributed by atoms with E-state index in [1.165, 1.54) is 5.56 Å². The molecule has 1 aromatic heterocycles. The second-order valence-corrected chi connectivity index (χ2v) is 6.25. The van der Waals surface area contributed by atoms with Crippen molar-refractivity contribution in [3.05, 3.63) is 114 Å². The van der Waals surface area contributed by atoms with Gasteiger partial charge in [0.25, 0.3) is 0 Å². The van der Waals surface area contributed by atoms with Crippen LogP contribution < -0.4 is 0 Å². The van der Waals surface area contributed by atoms with E-state index in [0.29, 0.717) is 0 Å². The highest BCUT2D eigenvalue weighted by atomic mass is 15.3. The molecule has 0 saturated heterocycles. The average Bonchev–Trinajstić information content (AvgIpc) is 3.28. The number of hydrogen-bond acceptors (Lipinski definition) is 2. The fourth-order valence-electron chi connectivity index (χ4n) is 3.02. The van der Waals surface area contributed by atoms with Crippen molar-refractivity contribution in [3.63, 3.8) is 0 Å². The van der Waals surface area contributed by atoms with Crippen molar-refractivity contribution in [2.45, 2.75) is 0 Å². The van der Waals surface area contributed by atoms with Crippen LogP contribution in [0.25, 0.3) is 28.9 Å². The number of hydrogen-bond donors (Lipinski definition) is 1. The van der Waals surface area contributed by atoms with Gasteiger partial charge in [-0.1, -0.05) is 103 Å². The minimum Gasteiger partial charge on any atom is -0.265 e. The molecule has 4 rings (SSSR count).